The third-order valence-electron chi connectivity index (χ3n) is 7.92. The Balaban J connectivity index is 2.10. The first kappa shape index (κ1) is 27.4. The van der Waals surface area contributed by atoms with Crippen LogP contribution in [0.5, 0.6) is 0 Å². The lowest BCUT2D eigenvalue weighted by Crippen LogP contribution is -2.45. The van der Waals surface area contributed by atoms with Crippen LogP contribution in [0.3, 0.4) is 0 Å². The molecule has 3 atom stereocenters. The quantitative estimate of drug-likeness (QED) is 0.233. The van der Waals surface area contributed by atoms with E-state index in [1.807, 2.05) is 0 Å². The maximum atomic E-state index is 6.88. The molecule has 0 heterocycles. The average Bonchev–Trinajstić information content (AvgIpc) is 2.67. The molecule has 184 valence electrons. The summed E-state index contributed by atoms with van der Waals surface area (Å²) in [6, 6.07) is 0. The molecule has 2 nitrogen and oxygen atoms in total. The van der Waals surface area contributed by atoms with Crippen molar-refractivity contribution in [1.29, 1.82) is 0 Å². The highest BCUT2D eigenvalue weighted by Gasteiger charge is 2.38. The second-order valence-electron chi connectivity index (χ2n) is 12.1. The van der Waals surface area contributed by atoms with E-state index in [0.29, 0.717) is 17.8 Å². The smallest absolute Gasteiger partial charge is 0.159 e. The molecule has 0 fully saturated rings. The summed E-state index contributed by atoms with van der Waals surface area (Å²) in [6.45, 7) is 20.4. The third kappa shape index (κ3) is 8.82. The maximum absolute atomic E-state index is 6.88. The Morgan fingerprint density at radius 2 is 1.41 bits per heavy atom. The zero-order valence-electron chi connectivity index (χ0n) is 22.7. The largest absolute Gasteiger partial charge is 0.346 e. The highest BCUT2D eigenvalue weighted by molar-refractivity contribution is 5.06. The highest BCUT2D eigenvalue weighted by atomic mass is 16.7. The van der Waals surface area contributed by atoms with Crippen molar-refractivity contribution in [1.82, 2.24) is 0 Å². The Bertz CT molecular complexity index is 631. The molecule has 0 aromatic heterocycles. The van der Waals surface area contributed by atoms with Gasteiger partial charge in [-0.2, -0.15) is 0 Å². The van der Waals surface area contributed by atoms with Gasteiger partial charge >= 0.3 is 0 Å². The molecule has 0 aromatic carbocycles. The molecule has 0 amide bonds. The number of hydrogen-bond acceptors (Lipinski definition) is 2. The van der Waals surface area contributed by atoms with Crippen LogP contribution in [-0.2, 0) is 9.47 Å². The van der Waals surface area contributed by atoms with Gasteiger partial charge in [-0.05, 0) is 125 Å². The summed E-state index contributed by atoms with van der Waals surface area (Å²) < 4.78 is 13.8. The fraction of sp³-hybridized carbons (Fsp3) is 0.800. The summed E-state index contributed by atoms with van der Waals surface area (Å²) in [5, 5.41) is 0. The fourth-order valence-electron chi connectivity index (χ4n) is 5.29. The Morgan fingerprint density at radius 1 is 0.938 bits per heavy atom. The SMILES string of the molecule is CC(C)=CCC[C@@H](C)CC(OC(C)(C)[C@@H]1CC=C(C)CC1)OC(C)(C)[C@@H]1CC=C(C)CC1. The van der Waals surface area contributed by atoms with Crippen molar-refractivity contribution in [2.45, 2.75) is 138 Å². The summed E-state index contributed by atoms with van der Waals surface area (Å²) in [5.74, 6) is 1.69. The third-order valence-corrected chi connectivity index (χ3v) is 7.92. The van der Waals surface area contributed by atoms with Crippen molar-refractivity contribution < 1.29 is 9.47 Å². The minimum atomic E-state index is -0.180. The minimum Gasteiger partial charge on any atom is -0.346 e. The van der Waals surface area contributed by atoms with E-state index in [-0.39, 0.29) is 17.5 Å². The van der Waals surface area contributed by atoms with E-state index < -0.39 is 0 Å². The van der Waals surface area contributed by atoms with Crippen molar-refractivity contribution in [2.75, 3.05) is 0 Å². The van der Waals surface area contributed by atoms with Gasteiger partial charge in [-0.25, -0.2) is 0 Å². The molecule has 0 saturated carbocycles. The van der Waals surface area contributed by atoms with E-state index in [1.165, 1.54) is 48.8 Å². The van der Waals surface area contributed by atoms with Gasteiger partial charge in [-0.1, -0.05) is 41.9 Å². The first-order valence-electron chi connectivity index (χ1n) is 13.2. The van der Waals surface area contributed by atoms with Crippen LogP contribution in [-0.4, -0.2) is 17.5 Å². The normalized spacial score (nSPS) is 23.6. The van der Waals surface area contributed by atoms with Crippen LogP contribution in [0.1, 0.15) is 120 Å². The Kier molecular flexibility index (Phi) is 10.3. The van der Waals surface area contributed by atoms with E-state index in [4.69, 9.17) is 9.47 Å². The van der Waals surface area contributed by atoms with E-state index in [1.54, 1.807) is 0 Å². The molecule has 0 aromatic rings. The lowest BCUT2D eigenvalue weighted by molar-refractivity contribution is -0.268. The van der Waals surface area contributed by atoms with Crippen LogP contribution < -0.4 is 0 Å². The second-order valence-corrected chi connectivity index (χ2v) is 12.1. The van der Waals surface area contributed by atoms with Gasteiger partial charge in [0.2, 0.25) is 0 Å². The first-order valence-corrected chi connectivity index (χ1v) is 13.2. The summed E-state index contributed by atoms with van der Waals surface area (Å²) in [7, 11) is 0. The topological polar surface area (TPSA) is 18.5 Å². The zero-order valence-corrected chi connectivity index (χ0v) is 22.7. The lowest BCUT2D eigenvalue weighted by atomic mass is 9.79. The molecule has 2 aliphatic carbocycles. The Hall–Kier alpha value is -0.860. The van der Waals surface area contributed by atoms with Crippen LogP contribution in [0.4, 0.5) is 0 Å². The number of rotatable bonds is 11. The van der Waals surface area contributed by atoms with Crippen molar-refractivity contribution in [3.8, 4) is 0 Å². The monoisotopic (exact) mass is 444 g/mol. The van der Waals surface area contributed by atoms with Gasteiger partial charge in [0, 0.05) is 6.42 Å². The van der Waals surface area contributed by atoms with E-state index in [2.05, 4.69) is 80.5 Å². The van der Waals surface area contributed by atoms with Gasteiger partial charge in [0.05, 0.1) is 11.2 Å². The van der Waals surface area contributed by atoms with Gasteiger partial charge in [0.15, 0.2) is 6.29 Å². The Morgan fingerprint density at radius 3 is 1.78 bits per heavy atom. The second kappa shape index (κ2) is 12.0. The van der Waals surface area contributed by atoms with Crippen molar-refractivity contribution in [3.63, 3.8) is 0 Å². The average molecular weight is 445 g/mol. The molecule has 2 rings (SSSR count). The van der Waals surface area contributed by atoms with Crippen LogP contribution >= 0.6 is 0 Å². The summed E-state index contributed by atoms with van der Waals surface area (Å²) in [4.78, 5) is 0. The predicted octanol–water partition coefficient (Wildman–Crippen LogP) is 9.17. The fourth-order valence-corrected chi connectivity index (χ4v) is 5.29. The standard InChI is InChI=1S/C30H52O2/c1-22(2)11-10-12-25(5)21-28(31-29(6,7)26-17-13-23(3)14-18-26)32-30(8,9)27-19-15-24(4)16-20-27/h11,13,15,25-28H,10,12,14,16-21H2,1-9H3/t25-,26-,27-/m1/s1. The molecule has 0 bridgehead atoms. The molecule has 0 unspecified atom stereocenters. The Labute approximate surface area is 199 Å². The van der Waals surface area contributed by atoms with Gasteiger partial charge in [0.1, 0.15) is 0 Å². The summed E-state index contributed by atoms with van der Waals surface area (Å²) in [5.41, 5.74) is 4.10. The van der Waals surface area contributed by atoms with Crippen molar-refractivity contribution >= 4 is 0 Å². The van der Waals surface area contributed by atoms with Crippen molar-refractivity contribution in [2.24, 2.45) is 17.8 Å². The summed E-state index contributed by atoms with van der Waals surface area (Å²) >= 11 is 0. The molecule has 0 spiro atoms. The highest BCUT2D eigenvalue weighted by Crippen LogP contribution is 2.39. The molecule has 0 N–H and O–H groups in total. The van der Waals surface area contributed by atoms with Crippen molar-refractivity contribution in [3.05, 3.63) is 34.9 Å². The van der Waals surface area contributed by atoms with E-state index in [0.717, 1.165) is 25.7 Å². The van der Waals surface area contributed by atoms with Gasteiger partial charge in [-0.15, -0.1) is 0 Å². The number of ether oxygens (including phenoxy) is 2. The van der Waals surface area contributed by atoms with Crippen LogP contribution in [0.15, 0.2) is 34.9 Å². The molecule has 2 aliphatic rings. The number of hydrogen-bond donors (Lipinski definition) is 0. The minimum absolute atomic E-state index is 0.152. The van der Waals surface area contributed by atoms with Gasteiger partial charge < -0.3 is 9.47 Å². The molecule has 0 aliphatic heterocycles. The van der Waals surface area contributed by atoms with Crippen LogP contribution in [0.2, 0.25) is 0 Å². The molecular weight excluding hydrogens is 392 g/mol. The maximum Gasteiger partial charge on any atom is 0.159 e. The van der Waals surface area contributed by atoms with Crippen LogP contribution in [0.25, 0.3) is 0 Å². The molecule has 32 heavy (non-hydrogen) atoms. The van der Waals surface area contributed by atoms with Gasteiger partial charge in [-0.3, -0.25) is 0 Å². The molecular formula is C30H52O2. The first-order chi connectivity index (χ1) is 14.9. The van der Waals surface area contributed by atoms with Crippen LogP contribution in [0, 0.1) is 17.8 Å². The van der Waals surface area contributed by atoms with E-state index in [9.17, 15) is 0 Å². The summed E-state index contributed by atoms with van der Waals surface area (Å²) in [6.07, 6.45) is 17.4. The molecule has 2 heteroatoms. The predicted molar refractivity (Wildman–Crippen MR) is 139 cm³/mol. The molecule has 0 saturated heterocycles. The van der Waals surface area contributed by atoms with E-state index >= 15 is 0 Å². The molecule has 0 radical (unpaired) electrons. The zero-order chi connectivity index (χ0) is 23.9. The lowest BCUT2D eigenvalue weighted by Gasteiger charge is -2.44. The number of allylic oxidation sites excluding steroid dienone is 6. The van der Waals surface area contributed by atoms with Gasteiger partial charge in [0.25, 0.3) is 0 Å².